The van der Waals surface area contributed by atoms with Gasteiger partial charge in [0.05, 0.1) is 17.6 Å². The minimum Gasteiger partial charge on any atom is -0.478 e. The Morgan fingerprint density at radius 1 is 1.03 bits per heavy atom. The van der Waals surface area contributed by atoms with E-state index in [1.54, 1.807) is 24.3 Å². The van der Waals surface area contributed by atoms with Crippen molar-refractivity contribution in [3.63, 3.8) is 0 Å². The smallest absolute Gasteiger partial charge is 0.335 e. The van der Waals surface area contributed by atoms with Gasteiger partial charge in [0.2, 0.25) is 12.7 Å². The molecule has 2 aliphatic heterocycles. The Labute approximate surface area is 182 Å². The molecule has 1 aliphatic carbocycles. The van der Waals surface area contributed by atoms with Crippen molar-refractivity contribution in [2.24, 2.45) is 5.92 Å². The van der Waals surface area contributed by atoms with Gasteiger partial charge in [-0.05, 0) is 48.2 Å². The highest BCUT2D eigenvalue weighted by atomic mass is 19.3. The zero-order valence-electron chi connectivity index (χ0n) is 16.9. The van der Waals surface area contributed by atoms with Gasteiger partial charge in [0.1, 0.15) is 5.92 Å². The topological polar surface area (TPSA) is 94.1 Å². The zero-order valence-corrected chi connectivity index (χ0v) is 16.9. The largest absolute Gasteiger partial charge is 0.478 e. The predicted octanol–water partition coefficient (Wildman–Crippen LogP) is 3.50. The van der Waals surface area contributed by atoms with Gasteiger partial charge in [-0.3, -0.25) is 4.79 Å². The summed E-state index contributed by atoms with van der Waals surface area (Å²) >= 11 is 0. The van der Waals surface area contributed by atoms with Gasteiger partial charge >= 0.3 is 5.97 Å². The SMILES string of the molecule is O=C(O)c1ccc([C@@H]2C[C@H](NC(=O)C3C(c4ccc5c(c4)OCO5)C3(F)F)CCO2)cc1. The molecule has 9 heteroatoms. The number of fused-ring (bicyclic) bond motifs is 1. The first kappa shape index (κ1) is 20.7. The van der Waals surface area contributed by atoms with Crippen LogP contribution >= 0.6 is 0 Å². The molecule has 1 saturated heterocycles. The first-order valence-electron chi connectivity index (χ1n) is 10.4. The molecule has 0 spiro atoms. The molecule has 0 aromatic heterocycles. The van der Waals surface area contributed by atoms with E-state index in [1.807, 2.05) is 0 Å². The second-order valence-corrected chi connectivity index (χ2v) is 8.26. The highest BCUT2D eigenvalue weighted by molar-refractivity contribution is 5.87. The number of carbonyl (C=O) groups excluding carboxylic acids is 1. The van der Waals surface area contributed by atoms with Crippen LogP contribution in [-0.4, -0.2) is 42.3 Å². The second-order valence-electron chi connectivity index (χ2n) is 8.26. The van der Waals surface area contributed by atoms with Crippen molar-refractivity contribution in [2.45, 2.75) is 36.8 Å². The van der Waals surface area contributed by atoms with Gasteiger partial charge in [0.15, 0.2) is 11.5 Å². The number of alkyl halides is 2. The van der Waals surface area contributed by atoms with Gasteiger partial charge in [-0.1, -0.05) is 18.2 Å². The van der Waals surface area contributed by atoms with Gasteiger partial charge in [-0.2, -0.15) is 0 Å². The highest BCUT2D eigenvalue weighted by Crippen LogP contribution is 2.62. The third-order valence-corrected chi connectivity index (χ3v) is 6.25. The highest BCUT2D eigenvalue weighted by Gasteiger charge is 2.72. The normalized spacial score (nSPS) is 27.6. The quantitative estimate of drug-likeness (QED) is 0.732. The molecule has 3 aliphatic rings. The molecule has 2 N–H and O–H groups in total. The summed E-state index contributed by atoms with van der Waals surface area (Å²) in [4.78, 5) is 23.7. The van der Waals surface area contributed by atoms with Crippen molar-refractivity contribution >= 4 is 11.9 Å². The van der Waals surface area contributed by atoms with Crippen LogP contribution in [0.3, 0.4) is 0 Å². The molecule has 1 amide bonds. The Morgan fingerprint density at radius 3 is 2.50 bits per heavy atom. The summed E-state index contributed by atoms with van der Waals surface area (Å²) in [6.07, 6.45) is 0.592. The number of hydrogen-bond acceptors (Lipinski definition) is 5. The lowest BCUT2D eigenvalue weighted by atomic mass is 9.96. The number of aromatic carboxylic acids is 1. The lowest BCUT2D eigenvalue weighted by molar-refractivity contribution is -0.126. The summed E-state index contributed by atoms with van der Waals surface area (Å²) in [7, 11) is 0. The molecule has 0 bridgehead atoms. The lowest BCUT2D eigenvalue weighted by Gasteiger charge is -2.30. The predicted molar refractivity (Wildman–Crippen MR) is 107 cm³/mol. The van der Waals surface area contributed by atoms with Crippen LogP contribution in [0.2, 0.25) is 0 Å². The van der Waals surface area contributed by atoms with Gasteiger partial charge in [-0.25, -0.2) is 13.6 Å². The first-order valence-corrected chi connectivity index (χ1v) is 10.4. The maximum Gasteiger partial charge on any atom is 0.335 e. The molecule has 7 nitrogen and oxygen atoms in total. The van der Waals surface area contributed by atoms with Crippen LogP contribution < -0.4 is 14.8 Å². The maximum atomic E-state index is 14.5. The average molecular weight is 445 g/mol. The van der Waals surface area contributed by atoms with Crippen LogP contribution in [0.4, 0.5) is 8.78 Å². The van der Waals surface area contributed by atoms with Gasteiger partial charge < -0.3 is 24.6 Å². The summed E-state index contributed by atoms with van der Waals surface area (Å²) < 4.78 is 45.3. The van der Waals surface area contributed by atoms with Crippen molar-refractivity contribution in [3.8, 4) is 11.5 Å². The summed E-state index contributed by atoms with van der Waals surface area (Å²) in [6.45, 7) is 0.413. The van der Waals surface area contributed by atoms with Crippen molar-refractivity contribution in [3.05, 3.63) is 59.2 Å². The molecule has 2 fully saturated rings. The van der Waals surface area contributed by atoms with E-state index in [0.717, 1.165) is 5.56 Å². The Bertz CT molecular complexity index is 1060. The maximum absolute atomic E-state index is 14.5. The summed E-state index contributed by atoms with van der Waals surface area (Å²) in [6, 6.07) is 10.7. The lowest BCUT2D eigenvalue weighted by Crippen LogP contribution is -2.41. The van der Waals surface area contributed by atoms with Gasteiger partial charge in [-0.15, -0.1) is 0 Å². The van der Waals surface area contributed by atoms with Crippen molar-refractivity contribution in [1.82, 2.24) is 5.32 Å². The number of carboxylic acids is 1. The monoisotopic (exact) mass is 445 g/mol. The molecular formula is C23H21F2NO6. The Balaban J connectivity index is 1.24. The Hall–Kier alpha value is -3.20. The molecule has 168 valence electrons. The number of benzene rings is 2. The number of nitrogens with one attached hydrogen (secondary N) is 1. The number of rotatable bonds is 5. The van der Waals surface area contributed by atoms with E-state index in [0.29, 0.717) is 36.5 Å². The van der Waals surface area contributed by atoms with Gasteiger partial charge in [0, 0.05) is 12.6 Å². The van der Waals surface area contributed by atoms with E-state index in [-0.39, 0.29) is 24.5 Å². The molecule has 5 rings (SSSR count). The zero-order chi connectivity index (χ0) is 22.5. The molecule has 32 heavy (non-hydrogen) atoms. The van der Waals surface area contributed by atoms with E-state index < -0.39 is 29.6 Å². The second kappa shape index (κ2) is 7.74. The fourth-order valence-corrected chi connectivity index (χ4v) is 4.47. The van der Waals surface area contributed by atoms with E-state index in [4.69, 9.17) is 19.3 Å². The van der Waals surface area contributed by atoms with Crippen molar-refractivity contribution < 1.29 is 37.7 Å². The van der Waals surface area contributed by atoms with Crippen molar-refractivity contribution in [1.29, 1.82) is 0 Å². The minimum atomic E-state index is -3.13. The standard InChI is InChI=1S/C23H21F2NO6/c24-23(25)19(14-5-6-16-18(9-14)32-11-31-16)20(23)21(27)26-15-7-8-30-17(10-15)12-1-3-13(4-2-12)22(28)29/h1-6,9,15,17,19-20H,7-8,10-11H2,(H,26,27)(H,28,29)/t15-,17+,19?,20?/m1/s1. The van der Waals surface area contributed by atoms with E-state index >= 15 is 0 Å². The van der Waals surface area contributed by atoms with Crippen LogP contribution in [0.15, 0.2) is 42.5 Å². The molecule has 2 unspecified atom stereocenters. The third-order valence-electron chi connectivity index (χ3n) is 6.25. The van der Waals surface area contributed by atoms with Crippen LogP contribution in [0.1, 0.15) is 46.3 Å². The molecule has 1 saturated carbocycles. The summed E-state index contributed by atoms with van der Waals surface area (Å²) in [5.41, 5.74) is 1.30. The van der Waals surface area contributed by atoms with E-state index in [9.17, 15) is 18.4 Å². The Morgan fingerprint density at radius 2 is 1.75 bits per heavy atom. The van der Waals surface area contributed by atoms with E-state index in [2.05, 4.69) is 5.32 Å². The number of carbonyl (C=O) groups is 2. The van der Waals surface area contributed by atoms with Crippen molar-refractivity contribution in [2.75, 3.05) is 13.4 Å². The molecule has 2 aromatic rings. The molecular weight excluding hydrogens is 424 g/mol. The summed E-state index contributed by atoms with van der Waals surface area (Å²) in [5, 5.41) is 11.8. The fraction of sp³-hybridized carbons (Fsp3) is 0.391. The van der Waals surface area contributed by atoms with Crippen LogP contribution in [0.25, 0.3) is 0 Å². The molecule has 2 aromatic carbocycles. The summed E-state index contributed by atoms with van der Waals surface area (Å²) in [5.74, 6) is -6.54. The average Bonchev–Trinajstić information content (AvgIpc) is 3.11. The molecule has 2 heterocycles. The van der Waals surface area contributed by atoms with Gasteiger partial charge in [0.25, 0.3) is 5.92 Å². The number of halogens is 2. The number of amides is 1. The molecule has 4 atom stereocenters. The van der Waals surface area contributed by atoms with Crippen LogP contribution in [-0.2, 0) is 9.53 Å². The van der Waals surface area contributed by atoms with Crippen LogP contribution in [0.5, 0.6) is 11.5 Å². The number of carboxylic acid groups (broad SMARTS) is 1. The van der Waals surface area contributed by atoms with E-state index in [1.165, 1.54) is 18.2 Å². The molecule has 0 radical (unpaired) electrons. The number of ether oxygens (including phenoxy) is 3. The van der Waals surface area contributed by atoms with Crippen LogP contribution in [0, 0.1) is 5.92 Å². The fourth-order valence-electron chi connectivity index (χ4n) is 4.47. The number of hydrogen-bond donors (Lipinski definition) is 2. The third kappa shape index (κ3) is 3.66. The Kier molecular flexibility index (Phi) is 5.00. The minimum absolute atomic E-state index is 0.0493. The first-order chi connectivity index (χ1) is 15.3.